The third-order valence-electron chi connectivity index (χ3n) is 4.10. The van der Waals surface area contributed by atoms with Gasteiger partial charge in [-0.2, -0.15) is 0 Å². The van der Waals surface area contributed by atoms with Gasteiger partial charge in [0, 0.05) is 23.7 Å². The van der Waals surface area contributed by atoms with E-state index in [9.17, 15) is 9.59 Å². The number of rotatable bonds is 1. The molecule has 27 heavy (non-hydrogen) atoms. The van der Waals surface area contributed by atoms with Crippen molar-refractivity contribution in [2.24, 2.45) is 7.05 Å². The molecule has 0 aliphatic carbocycles. The van der Waals surface area contributed by atoms with Crippen molar-refractivity contribution in [3.63, 3.8) is 0 Å². The van der Waals surface area contributed by atoms with E-state index in [1.54, 1.807) is 23.7 Å². The van der Waals surface area contributed by atoms with E-state index in [-0.39, 0.29) is 11.2 Å². The summed E-state index contributed by atoms with van der Waals surface area (Å²) in [4.78, 5) is 32.6. The molecule has 0 aliphatic rings. The Balaban J connectivity index is 1.78. The number of halogens is 1. The molecule has 2 aromatic carbocycles. The molecule has 0 atom stereocenters. The topological polar surface area (TPSA) is 83.5 Å². The number of aryl methyl sites for hydroxylation is 1. The lowest BCUT2D eigenvalue weighted by Crippen LogP contribution is -2.22. The van der Waals surface area contributed by atoms with Crippen molar-refractivity contribution in [1.82, 2.24) is 19.5 Å². The SMILES string of the molecule is Cn1c(-c2ccc(C#Cc3ccccc3)cc2Cl)nc2[nH]c(=O)[nH]c(=O)c21. The maximum Gasteiger partial charge on any atom is 0.327 e. The van der Waals surface area contributed by atoms with Crippen LogP contribution in [0.25, 0.3) is 22.6 Å². The van der Waals surface area contributed by atoms with E-state index in [2.05, 4.69) is 26.8 Å². The second kappa shape index (κ2) is 6.63. The number of H-pyrrole nitrogens is 2. The van der Waals surface area contributed by atoms with Crippen LogP contribution in [0.1, 0.15) is 11.1 Å². The van der Waals surface area contributed by atoms with Gasteiger partial charge in [0.1, 0.15) is 5.82 Å². The first-order chi connectivity index (χ1) is 13.0. The van der Waals surface area contributed by atoms with Crippen LogP contribution in [-0.2, 0) is 7.05 Å². The van der Waals surface area contributed by atoms with E-state index < -0.39 is 11.2 Å². The van der Waals surface area contributed by atoms with Crippen LogP contribution in [0.3, 0.4) is 0 Å². The van der Waals surface area contributed by atoms with Gasteiger partial charge in [-0.05, 0) is 30.3 Å². The maximum atomic E-state index is 12.0. The fourth-order valence-corrected chi connectivity index (χ4v) is 3.09. The Morgan fingerprint density at radius 3 is 2.48 bits per heavy atom. The molecule has 6 nitrogen and oxygen atoms in total. The molecule has 0 fully saturated rings. The molecule has 0 saturated heterocycles. The van der Waals surface area contributed by atoms with Crippen molar-refractivity contribution in [3.05, 3.63) is 85.5 Å². The van der Waals surface area contributed by atoms with E-state index in [0.29, 0.717) is 16.4 Å². The summed E-state index contributed by atoms with van der Waals surface area (Å²) < 4.78 is 1.60. The zero-order valence-electron chi connectivity index (χ0n) is 14.2. The van der Waals surface area contributed by atoms with Crippen molar-refractivity contribution in [2.75, 3.05) is 0 Å². The molecule has 0 radical (unpaired) electrons. The number of aromatic nitrogens is 4. The first-order valence-corrected chi connectivity index (χ1v) is 8.47. The highest BCUT2D eigenvalue weighted by atomic mass is 35.5. The molecule has 0 amide bonds. The number of nitrogens with zero attached hydrogens (tertiary/aromatic N) is 2. The quantitative estimate of drug-likeness (QED) is 0.501. The molecule has 2 N–H and O–H groups in total. The van der Waals surface area contributed by atoms with Gasteiger partial charge < -0.3 is 4.57 Å². The molecular formula is C20H13ClN4O2. The van der Waals surface area contributed by atoms with Crippen molar-refractivity contribution < 1.29 is 0 Å². The summed E-state index contributed by atoms with van der Waals surface area (Å²) in [5, 5.41) is 0.451. The van der Waals surface area contributed by atoms with Crippen molar-refractivity contribution in [2.45, 2.75) is 0 Å². The Morgan fingerprint density at radius 2 is 1.74 bits per heavy atom. The zero-order valence-corrected chi connectivity index (χ0v) is 15.0. The van der Waals surface area contributed by atoms with Crippen LogP contribution in [0.5, 0.6) is 0 Å². The van der Waals surface area contributed by atoms with Gasteiger partial charge in [-0.3, -0.25) is 14.8 Å². The standard InChI is InChI=1S/C20H13ClN4O2/c1-25-16-17(23-20(27)24-19(16)26)22-18(25)14-10-9-13(11-15(14)21)8-7-12-5-3-2-4-6-12/h2-6,9-11H,1H3,(H2,23,24,26,27). The second-order valence-corrected chi connectivity index (χ2v) is 6.32. The first-order valence-electron chi connectivity index (χ1n) is 8.09. The van der Waals surface area contributed by atoms with Crippen molar-refractivity contribution in [1.29, 1.82) is 0 Å². The lowest BCUT2D eigenvalue weighted by molar-refractivity contribution is 0.945. The fourth-order valence-electron chi connectivity index (χ4n) is 2.83. The molecule has 4 rings (SSSR count). The van der Waals surface area contributed by atoms with Crippen molar-refractivity contribution >= 4 is 22.8 Å². The number of benzene rings is 2. The van der Waals surface area contributed by atoms with Gasteiger partial charge in [-0.1, -0.05) is 41.6 Å². The van der Waals surface area contributed by atoms with Crippen LogP contribution in [0.15, 0.2) is 58.1 Å². The molecule has 0 bridgehead atoms. The number of hydrogen-bond donors (Lipinski definition) is 2. The lowest BCUT2D eigenvalue weighted by atomic mass is 10.1. The first kappa shape index (κ1) is 16.9. The van der Waals surface area contributed by atoms with E-state index in [1.807, 2.05) is 36.4 Å². The summed E-state index contributed by atoms with van der Waals surface area (Å²) >= 11 is 6.44. The van der Waals surface area contributed by atoms with Gasteiger partial charge in [0.2, 0.25) is 0 Å². The van der Waals surface area contributed by atoms with Gasteiger partial charge in [0.15, 0.2) is 11.2 Å². The number of imidazole rings is 1. The fraction of sp³-hybridized carbons (Fsp3) is 0.0500. The summed E-state index contributed by atoms with van der Waals surface area (Å²) in [6, 6.07) is 15.0. The van der Waals surface area contributed by atoms with Crippen LogP contribution in [0.4, 0.5) is 0 Å². The second-order valence-electron chi connectivity index (χ2n) is 5.91. The average Bonchev–Trinajstić information content (AvgIpc) is 2.97. The smallest absolute Gasteiger partial charge is 0.321 e. The molecule has 4 aromatic rings. The Morgan fingerprint density at radius 1 is 1.00 bits per heavy atom. The highest BCUT2D eigenvalue weighted by Gasteiger charge is 2.16. The number of nitrogens with one attached hydrogen (secondary N) is 2. The molecule has 2 aromatic heterocycles. The summed E-state index contributed by atoms with van der Waals surface area (Å²) in [6.07, 6.45) is 0. The number of aromatic amines is 2. The van der Waals surface area contributed by atoms with E-state index in [0.717, 1.165) is 11.1 Å². The summed E-state index contributed by atoms with van der Waals surface area (Å²) in [6.45, 7) is 0. The minimum Gasteiger partial charge on any atom is -0.321 e. The van der Waals surface area contributed by atoms with Gasteiger partial charge in [0.05, 0.1) is 5.02 Å². The van der Waals surface area contributed by atoms with Crippen LogP contribution < -0.4 is 11.2 Å². The van der Waals surface area contributed by atoms with Gasteiger partial charge in [0.25, 0.3) is 5.56 Å². The van der Waals surface area contributed by atoms with Gasteiger partial charge >= 0.3 is 5.69 Å². The lowest BCUT2D eigenvalue weighted by Gasteiger charge is -2.05. The Bertz CT molecular complexity index is 1340. The minimum atomic E-state index is -0.602. The predicted molar refractivity (Wildman–Crippen MR) is 105 cm³/mol. The van der Waals surface area contributed by atoms with E-state index >= 15 is 0 Å². The van der Waals surface area contributed by atoms with Gasteiger partial charge in [-0.15, -0.1) is 0 Å². The average molecular weight is 377 g/mol. The van der Waals surface area contributed by atoms with Crippen molar-refractivity contribution in [3.8, 4) is 23.2 Å². The Hall–Kier alpha value is -3.56. The third-order valence-corrected chi connectivity index (χ3v) is 4.42. The number of hydrogen-bond acceptors (Lipinski definition) is 3. The van der Waals surface area contributed by atoms with Gasteiger partial charge in [-0.25, -0.2) is 9.78 Å². The largest absolute Gasteiger partial charge is 0.327 e. The molecule has 2 heterocycles. The van der Waals surface area contributed by atoms with Crippen LogP contribution in [-0.4, -0.2) is 19.5 Å². The van der Waals surface area contributed by atoms with Crippen LogP contribution in [0.2, 0.25) is 5.02 Å². The normalized spacial score (nSPS) is 10.6. The van der Waals surface area contributed by atoms with Crippen LogP contribution >= 0.6 is 11.6 Å². The predicted octanol–water partition coefficient (Wildman–Crippen LogP) is 2.67. The monoisotopic (exact) mass is 376 g/mol. The van der Waals surface area contributed by atoms with E-state index in [1.165, 1.54) is 0 Å². The third kappa shape index (κ3) is 3.16. The zero-order chi connectivity index (χ0) is 19.0. The Labute approximate surface area is 158 Å². The molecule has 0 unspecified atom stereocenters. The maximum absolute atomic E-state index is 12.0. The molecule has 132 valence electrons. The van der Waals surface area contributed by atoms with E-state index in [4.69, 9.17) is 11.6 Å². The summed E-state index contributed by atoms with van der Waals surface area (Å²) in [7, 11) is 1.69. The highest BCUT2D eigenvalue weighted by molar-refractivity contribution is 6.33. The molecule has 0 saturated carbocycles. The molecular weight excluding hydrogens is 364 g/mol. The molecule has 0 aliphatic heterocycles. The summed E-state index contributed by atoms with van der Waals surface area (Å²) in [5.41, 5.74) is 1.69. The molecule has 0 spiro atoms. The van der Waals surface area contributed by atoms with Crippen LogP contribution in [0, 0.1) is 11.8 Å². The highest BCUT2D eigenvalue weighted by Crippen LogP contribution is 2.28. The minimum absolute atomic E-state index is 0.213. The number of fused-ring (bicyclic) bond motifs is 1. The Kier molecular flexibility index (Phi) is 4.15. The summed E-state index contributed by atoms with van der Waals surface area (Å²) in [5.74, 6) is 6.63. The molecule has 7 heteroatoms.